The maximum atomic E-state index is 12.7. The second-order valence-electron chi connectivity index (χ2n) is 6.48. The minimum Gasteiger partial charge on any atom is -0.336 e. The van der Waals surface area contributed by atoms with Gasteiger partial charge in [-0.15, -0.1) is 11.3 Å². The number of carbonyl (C=O) groups excluding carboxylic acids is 1. The summed E-state index contributed by atoms with van der Waals surface area (Å²) in [4.78, 5) is 18.6. The molecule has 1 saturated heterocycles. The quantitative estimate of drug-likeness (QED) is 0.865. The zero-order valence-electron chi connectivity index (χ0n) is 13.3. The first-order valence-electron chi connectivity index (χ1n) is 8.45. The van der Waals surface area contributed by atoms with Crippen LogP contribution in [-0.2, 0) is 19.4 Å². The zero-order valence-corrected chi connectivity index (χ0v) is 14.1. The number of fused-ring (bicyclic) bond motifs is 1. The van der Waals surface area contributed by atoms with E-state index < -0.39 is 0 Å². The highest BCUT2D eigenvalue weighted by Gasteiger charge is 2.23. The van der Waals surface area contributed by atoms with E-state index in [1.54, 1.807) is 0 Å². The lowest BCUT2D eigenvalue weighted by molar-refractivity contribution is 0.0629. The van der Waals surface area contributed by atoms with Crippen molar-refractivity contribution >= 4 is 17.2 Å². The lowest BCUT2D eigenvalue weighted by Crippen LogP contribution is -2.48. The van der Waals surface area contributed by atoms with Gasteiger partial charge in [-0.3, -0.25) is 9.69 Å². The van der Waals surface area contributed by atoms with Gasteiger partial charge in [-0.05, 0) is 54.0 Å². The third-order valence-electron chi connectivity index (χ3n) is 4.96. The van der Waals surface area contributed by atoms with Crippen molar-refractivity contribution in [1.29, 1.82) is 0 Å². The highest BCUT2D eigenvalue weighted by molar-refractivity contribution is 7.09. The van der Waals surface area contributed by atoms with E-state index in [4.69, 9.17) is 0 Å². The molecule has 1 aromatic heterocycles. The number of benzene rings is 1. The molecular weight excluding hydrogens is 304 g/mol. The van der Waals surface area contributed by atoms with Gasteiger partial charge in [0.15, 0.2) is 0 Å². The number of nitrogens with zero attached hydrogens (tertiary/aromatic N) is 2. The van der Waals surface area contributed by atoms with E-state index in [9.17, 15) is 4.79 Å². The Labute approximate surface area is 141 Å². The molecule has 0 bridgehead atoms. The van der Waals surface area contributed by atoms with Crippen LogP contribution in [0.2, 0.25) is 0 Å². The molecular formula is C19H22N2OS. The first-order valence-corrected chi connectivity index (χ1v) is 9.33. The van der Waals surface area contributed by atoms with E-state index in [1.807, 2.05) is 22.3 Å². The van der Waals surface area contributed by atoms with Gasteiger partial charge in [0.25, 0.3) is 5.91 Å². The van der Waals surface area contributed by atoms with Gasteiger partial charge >= 0.3 is 0 Å². The number of thiophene rings is 1. The van der Waals surface area contributed by atoms with Crippen LogP contribution in [0.15, 0.2) is 35.7 Å². The summed E-state index contributed by atoms with van der Waals surface area (Å²) in [7, 11) is 0. The summed E-state index contributed by atoms with van der Waals surface area (Å²) in [5.74, 6) is 0.204. The third kappa shape index (κ3) is 3.19. The highest BCUT2D eigenvalue weighted by atomic mass is 32.1. The standard InChI is InChI=1S/C19H22N2OS/c22-19(17-7-6-15-3-1-4-16(15)13-17)21-10-8-20(9-11-21)14-18-5-2-12-23-18/h2,5-7,12-13H,1,3-4,8-11,14H2. The van der Waals surface area contributed by atoms with Crippen LogP contribution < -0.4 is 0 Å². The second kappa shape index (κ2) is 6.46. The molecule has 0 saturated carbocycles. The molecule has 1 amide bonds. The smallest absolute Gasteiger partial charge is 0.253 e. The summed E-state index contributed by atoms with van der Waals surface area (Å²) in [5, 5.41) is 2.13. The van der Waals surface area contributed by atoms with E-state index in [0.717, 1.165) is 44.7 Å². The summed E-state index contributed by atoms with van der Waals surface area (Å²) in [6, 6.07) is 10.6. The molecule has 4 heteroatoms. The Hall–Kier alpha value is -1.65. The molecule has 23 heavy (non-hydrogen) atoms. The van der Waals surface area contributed by atoms with Crippen LogP contribution >= 0.6 is 11.3 Å². The van der Waals surface area contributed by atoms with E-state index in [0.29, 0.717) is 0 Å². The summed E-state index contributed by atoms with van der Waals surface area (Å²) < 4.78 is 0. The molecule has 0 N–H and O–H groups in total. The Morgan fingerprint density at radius 3 is 2.65 bits per heavy atom. The Bertz CT molecular complexity index is 687. The Balaban J connectivity index is 1.37. The van der Waals surface area contributed by atoms with Gasteiger partial charge in [-0.2, -0.15) is 0 Å². The normalized spacial score (nSPS) is 18.2. The van der Waals surface area contributed by atoms with Crippen LogP contribution in [0.4, 0.5) is 0 Å². The van der Waals surface area contributed by atoms with Crippen LogP contribution in [0.1, 0.15) is 32.8 Å². The molecule has 2 aromatic rings. The van der Waals surface area contributed by atoms with Crippen molar-refractivity contribution in [3.63, 3.8) is 0 Å². The monoisotopic (exact) mass is 326 g/mol. The molecule has 2 heterocycles. The molecule has 4 rings (SSSR count). The molecule has 1 aliphatic heterocycles. The van der Waals surface area contributed by atoms with Crippen LogP contribution in [0.5, 0.6) is 0 Å². The molecule has 1 aromatic carbocycles. The predicted molar refractivity (Wildman–Crippen MR) is 94.0 cm³/mol. The van der Waals surface area contributed by atoms with E-state index in [2.05, 4.69) is 34.5 Å². The van der Waals surface area contributed by atoms with Crippen molar-refractivity contribution in [3.8, 4) is 0 Å². The fourth-order valence-electron chi connectivity index (χ4n) is 3.62. The van der Waals surface area contributed by atoms with Crippen LogP contribution in [0, 0.1) is 0 Å². The predicted octanol–water partition coefficient (Wildman–Crippen LogP) is 3.19. The molecule has 0 spiro atoms. The van der Waals surface area contributed by atoms with Gasteiger partial charge in [0.05, 0.1) is 0 Å². The first kappa shape index (κ1) is 14.9. The van der Waals surface area contributed by atoms with Gasteiger partial charge in [-0.25, -0.2) is 0 Å². The summed E-state index contributed by atoms with van der Waals surface area (Å²) >= 11 is 1.81. The molecule has 1 aliphatic carbocycles. The molecule has 2 aliphatic rings. The van der Waals surface area contributed by atoms with Gasteiger partial charge in [0.2, 0.25) is 0 Å². The molecule has 120 valence electrons. The highest BCUT2D eigenvalue weighted by Crippen LogP contribution is 2.23. The lowest BCUT2D eigenvalue weighted by Gasteiger charge is -2.34. The van der Waals surface area contributed by atoms with E-state index in [-0.39, 0.29) is 5.91 Å². The second-order valence-corrected chi connectivity index (χ2v) is 7.52. The van der Waals surface area contributed by atoms with Gasteiger partial charge in [-0.1, -0.05) is 12.1 Å². The fourth-order valence-corrected chi connectivity index (χ4v) is 4.37. The van der Waals surface area contributed by atoms with Crippen LogP contribution in [0.25, 0.3) is 0 Å². The Morgan fingerprint density at radius 2 is 1.87 bits per heavy atom. The van der Waals surface area contributed by atoms with Crippen molar-refractivity contribution in [2.24, 2.45) is 0 Å². The number of hydrogen-bond donors (Lipinski definition) is 0. The molecule has 0 unspecified atom stereocenters. The zero-order chi connectivity index (χ0) is 15.6. The van der Waals surface area contributed by atoms with E-state index in [1.165, 1.54) is 28.8 Å². The van der Waals surface area contributed by atoms with Crippen molar-refractivity contribution in [1.82, 2.24) is 9.80 Å². The fraction of sp³-hybridized carbons (Fsp3) is 0.421. The molecule has 3 nitrogen and oxygen atoms in total. The SMILES string of the molecule is O=C(c1ccc2c(c1)CCC2)N1CCN(Cc2cccs2)CC1. The first-order chi connectivity index (χ1) is 11.3. The Kier molecular flexibility index (Phi) is 4.19. The van der Waals surface area contributed by atoms with Gasteiger partial charge in [0.1, 0.15) is 0 Å². The number of rotatable bonds is 3. The number of carbonyl (C=O) groups is 1. The third-order valence-corrected chi connectivity index (χ3v) is 5.83. The van der Waals surface area contributed by atoms with Crippen LogP contribution in [0.3, 0.4) is 0 Å². The van der Waals surface area contributed by atoms with Gasteiger partial charge in [0, 0.05) is 43.2 Å². The maximum Gasteiger partial charge on any atom is 0.253 e. The summed E-state index contributed by atoms with van der Waals surface area (Å²) in [5.41, 5.74) is 3.69. The lowest BCUT2D eigenvalue weighted by atomic mass is 10.1. The number of aryl methyl sites for hydroxylation is 2. The minimum atomic E-state index is 0.204. The van der Waals surface area contributed by atoms with Crippen molar-refractivity contribution in [3.05, 3.63) is 57.3 Å². The van der Waals surface area contributed by atoms with Crippen LogP contribution in [-0.4, -0.2) is 41.9 Å². The maximum absolute atomic E-state index is 12.7. The van der Waals surface area contributed by atoms with Crippen molar-refractivity contribution in [2.45, 2.75) is 25.8 Å². The summed E-state index contributed by atoms with van der Waals surface area (Å²) in [6.07, 6.45) is 3.53. The number of hydrogen-bond acceptors (Lipinski definition) is 3. The van der Waals surface area contributed by atoms with Gasteiger partial charge < -0.3 is 4.90 Å². The van der Waals surface area contributed by atoms with E-state index >= 15 is 0 Å². The summed E-state index contributed by atoms with van der Waals surface area (Å²) in [6.45, 7) is 4.62. The van der Waals surface area contributed by atoms with Crippen molar-refractivity contribution in [2.75, 3.05) is 26.2 Å². The average molecular weight is 326 g/mol. The minimum absolute atomic E-state index is 0.204. The number of amides is 1. The average Bonchev–Trinajstić information content (AvgIpc) is 3.25. The molecule has 0 radical (unpaired) electrons. The number of piperazine rings is 1. The topological polar surface area (TPSA) is 23.6 Å². The molecule has 0 atom stereocenters. The van der Waals surface area contributed by atoms with Crippen molar-refractivity contribution < 1.29 is 4.79 Å². The largest absolute Gasteiger partial charge is 0.336 e. The Morgan fingerprint density at radius 1 is 1.04 bits per heavy atom. The molecule has 1 fully saturated rings.